The van der Waals surface area contributed by atoms with Crippen LogP contribution in [0, 0.1) is 11.8 Å². The standard InChI is InChI=1S/C19H30N2O4/c1-6-8-20-10-14-12-21(18(23)25-19(3,4)5)13-15(11-20)16(14)9-17(22)24-7-2/h6,9,14-15H,1,7-8,10-13H2,2-5H3. The van der Waals surface area contributed by atoms with E-state index in [2.05, 4.69) is 11.5 Å². The molecule has 2 saturated heterocycles. The second-order valence-corrected chi connectivity index (χ2v) is 7.68. The van der Waals surface area contributed by atoms with Crippen molar-refractivity contribution in [1.29, 1.82) is 0 Å². The normalized spacial score (nSPS) is 23.8. The molecule has 2 rings (SSSR count). The molecule has 0 saturated carbocycles. The second kappa shape index (κ2) is 8.04. The van der Waals surface area contributed by atoms with E-state index in [1.165, 1.54) is 0 Å². The van der Waals surface area contributed by atoms with E-state index in [0.29, 0.717) is 19.7 Å². The fourth-order valence-corrected chi connectivity index (χ4v) is 3.54. The van der Waals surface area contributed by atoms with Crippen molar-refractivity contribution >= 4 is 12.1 Å². The lowest BCUT2D eigenvalue weighted by Crippen LogP contribution is -2.56. The van der Waals surface area contributed by atoms with E-state index in [4.69, 9.17) is 9.47 Å². The molecule has 25 heavy (non-hydrogen) atoms. The van der Waals surface area contributed by atoms with E-state index in [1.807, 2.05) is 26.8 Å². The first-order chi connectivity index (χ1) is 11.7. The number of rotatable bonds is 4. The molecule has 2 aliphatic rings. The second-order valence-electron chi connectivity index (χ2n) is 7.68. The van der Waals surface area contributed by atoms with Gasteiger partial charge in [-0.2, -0.15) is 0 Å². The summed E-state index contributed by atoms with van der Waals surface area (Å²) in [4.78, 5) is 28.5. The minimum atomic E-state index is -0.512. The van der Waals surface area contributed by atoms with Crippen LogP contribution in [0.15, 0.2) is 24.3 Å². The third-order valence-corrected chi connectivity index (χ3v) is 4.39. The molecular weight excluding hydrogens is 320 g/mol. The van der Waals surface area contributed by atoms with E-state index >= 15 is 0 Å². The third-order valence-electron chi connectivity index (χ3n) is 4.39. The molecule has 1 amide bonds. The van der Waals surface area contributed by atoms with Crippen LogP contribution in [0.5, 0.6) is 0 Å². The molecule has 2 heterocycles. The van der Waals surface area contributed by atoms with Crippen molar-refractivity contribution in [3.8, 4) is 0 Å². The molecule has 140 valence electrons. The number of nitrogens with zero attached hydrogens (tertiary/aromatic N) is 2. The summed E-state index contributed by atoms with van der Waals surface area (Å²) in [7, 11) is 0. The van der Waals surface area contributed by atoms with Crippen molar-refractivity contribution < 1.29 is 19.1 Å². The predicted octanol–water partition coefficient (Wildman–Crippen LogP) is 2.46. The molecule has 6 heteroatoms. The van der Waals surface area contributed by atoms with Crippen molar-refractivity contribution in [3.05, 3.63) is 24.3 Å². The van der Waals surface area contributed by atoms with Crippen molar-refractivity contribution in [2.24, 2.45) is 11.8 Å². The Kier molecular flexibility index (Phi) is 6.27. The molecule has 2 atom stereocenters. The summed E-state index contributed by atoms with van der Waals surface area (Å²) in [5, 5.41) is 0. The fraction of sp³-hybridized carbons (Fsp3) is 0.684. The van der Waals surface area contributed by atoms with Gasteiger partial charge in [0.1, 0.15) is 5.60 Å². The molecule has 0 spiro atoms. The zero-order chi connectivity index (χ0) is 18.6. The number of carbonyl (C=O) groups excluding carboxylic acids is 2. The Bertz CT molecular complexity index is 532. The van der Waals surface area contributed by atoms with Crippen LogP contribution in [0.4, 0.5) is 4.79 Å². The van der Waals surface area contributed by atoms with Gasteiger partial charge in [0.15, 0.2) is 0 Å². The van der Waals surface area contributed by atoms with Crippen molar-refractivity contribution in [1.82, 2.24) is 9.80 Å². The quantitative estimate of drug-likeness (QED) is 0.443. The Hall–Kier alpha value is -1.82. The van der Waals surface area contributed by atoms with E-state index in [-0.39, 0.29) is 23.9 Å². The van der Waals surface area contributed by atoms with Crippen LogP contribution in [0.2, 0.25) is 0 Å². The molecule has 6 nitrogen and oxygen atoms in total. The van der Waals surface area contributed by atoms with Gasteiger partial charge >= 0.3 is 12.1 Å². The Morgan fingerprint density at radius 2 is 1.80 bits per heavy atom. The molecule has 0 radical (unpaired) electrons. The average molecular weight is 350 g/mol. The van der Waals surface area contributed by atoms with Crippen LogP contribution in [-0.2, 0) is 14.3 Å². The zero-order valence-electron chi connectivity index (χ0n) is 15.8. The van der Waals surface area contributed by atoms with Gasteiger partial charge in [-0.05, 0) is 27.7 Å². The van der Waals surface area contributed by atoms with Gasteiger partial charge < -0.3 is 14.4 Å². The van der Waals surface area contributed by atoms with Crippen LogP contribution in [-0.4, -0.2) is 66.8 Å². The highest BCUT2D eigenvalue weighted by Crippen LogP contribution is 2.34. The highest BCUT2D eigenvalue weighted by molar-refractivity contribution is 5.83. The lowest BCUT2D eigenvalue weighted by atomic mass is 9.79. The van der Waals surface area contributed by atoms with Crippen LogP contribution < -0.4 is 0 Å². The maximum absolute atomic E-state index is 12.4. The van der Waals surface area contributed by atoms with E-state index in [0.717, 1.165) is 25.2 Å². The van der Waals surface area contributed by atoms with E-state index in [1.54, 1.807) is 17.9 Å². The van der Waals surface area contributed by atoms with Gasteiger partial charge in [-0.3, -0.25) is 4.90 Å². The smallest absolute Gasteiger partial charge is 0.410 e. The zero-order valence-corrected chi connectivity index (χ0v) is 15.8. The highest BCUT2D eigenvalue weighted by atomic mass is 16.6. The fourth-order valence-electron chi connectivity index (χ4n) is 3.54. The maximum atomic E-state index is 12.4. The van der Waals surface area contributed by atoms with Crippen molar-refractivity contribution in [2.75, 3.05) is 39.3 Å². The summed E-state index contributed by atoms with van der Waals surface area (Å²) < 4.78 is 10.6. The Morgan fingerprint density at radius 3 is 2.28 bits per heavy atom. The minimum Gasteiger partial charge on any atom is -0.463 e. The van der Waals surface area contributed by atoms with Gasteiger partial charge in [-0.25, -0.2) is 9.59 Å². The summed E-state index contributed by atoms with van der Waals surface area (Å²) in [5.41, 5.74) is 0.584. The monoisotopic (exact) mass is 350 g/mol. The summed E-state index contributed by atoms with van der Waals surface area (Å²) >= 11 is 0. The number of carbonyl (C=O) groups is 2. The molecule has 0 aromatic carbocycles. The predicted molar refractivity (Wildman–Crippen MR) is 96.1 cm³/mol. The number of fused-ring (bicyclic) bond motifs is 2. The summed E-state index contributed by atoms with van der Waals surface area (Å²) in [5.74, 6) is -0.0656. The topological polar surface area (TPSA) is 59.1 Å². The number of ether oxygens (including phenoxy) is 2. The largest absolute Gasteiger partial charge is 0.463 e. The van der Waals surface area contributed by atoms with Crippen molar-refractivity contribution in [2.45, 2.75) is 33.3 Å². The Balaban J connectivity index is 2.16. The highest BCUT2D eigenvalue weighted by Gasteiger charge is 2.40. The molecule has 0 N–H and O–H groups in total. The van der Waals surface area contributed by atoms with Crippen LogP contribution in [0.25, 0.3) is 0 Å². The maximum Gasteiger partial charge on any atom is 0.410 e. The molecule has 2 unspecified atom stereocenters. The minimum absolute atomic E-state index is 0.115. The van der Waals surface area contributed by atoms with Crippen LogP contribution in [0.1, 0.15) is 27.7 Å². The first-order valence-corrected chi connectivity index (χ1v) is 8.93. The van der Waals surface area contributed by atoms with Gasteiger partial charge in [0, 0.05) is 50.6 Å². The molecule has 2 fully saturated rings. The number of likely N-dealkylation sites (tertiary alicyclic amines) is 2. The lowest BCUT2D eigenvalue weighted by molar-refractivity contribution is -0.137. The molecule has 2 bridgehead atoms. The SMILES string of the molecule is C=CCN1CC2CN(C(=O)OC(C)(C)C)CC(C1)C2=CC(=O)OCC. The number of amides is 1. The average Bonchev–Trinajstić information content (AvgIpc) is 2.46. The molecule has 0 aliphatic carbocycles. The van der Waals surface area contributed by atoms with Gasteiger partial charge in [0.25, 0.3) is 0 Å². The molecular formula is C19H30N2O4. The van der Waals surface area contributed by atoms with Crippen molar-refractivity contribution in [3.63, 3.8) is 0 Å². The van der Waals surface area contributed by atoms with Gasteiger partial charge in [-0.1, -0.05) is 11.6 Å². The lowest BCUT2D eigenvalue weighted by Gasteiger charge is -2.47. The van der Waals surface area contributed by atoms with Gasteiger partial charge in [0.05, 0.1) is 6.61 Å². The van der Waals surface area contributed by atoms with Crippen LogP contribution in [0.3, 0.4) is 0 Å². The number of piperidine rings is 2. The van der Waals surface area contributed by atoms with Crippen LogP contribution >= 0.6 is 0 Å². The number of hydrogen-bond acceptors (Lipinski definition) is 5. The first-order valence-electron chi connectivity index (χ1n) is 8.93. The summed E-state index contributed by atoms with van der Waals surface area (Å²) in [6, 6.07) is 0. The third kappa shape index (κ3) is 5.33. The Labute approximate surface area is 150 Å². The number of hydrogen-bond donors (Lipinski definition) is 0. The molecule has 0 aromatic rings. The number of esters is 1. The summed E-state index contributed by atoms with van der Waals surface area (Å²) in [6.45, 7) is 15.1. The van der Waals surface area contributed by atoms with Gasteiger partial charge in [-0.15, -0.1) is 6.58 Å². The van der Waals surface area contributed by atoms with E-state index < -0.39 is 5.60 Å². The Morgan fingerprint density at radius 1 is 1.20 bits per heavy atom. The van der Waals surface area contributed by atoms with Gasteiger partial charge in [0.2, 0.25) is 0 Å². The molecule has 2 aliphatic heterocycles. The summed E-state index contributed by atoms with van der Waals surface area (Å²) in [6.07, 6.45) is 3.24. The first kappa shape index (κ1) is 19.5. The van der Waals surface area contributed by atoms with E-state index in [9.17, 15) is 9.59 Å². The molecule has 0 aromatic heterocycles.